The average molecular weight is 289 g/mol. The Bertz CT molecular complexity index is 395. The van der Waals surface area contributed by atoms with E-state index in [2.05, 4.69) is 26.1 Å². The summed E-state index contributed by atoms with van der Waals surface area (Å²) >= 11 is 0. The Morgan fingerprint density at radius 1 is 1.05 bits per heavy atom. The topological polar surface area (TPSA) is 52.7 Å². The van der Waals surface area contributed by atoms with Gasteiger partial charge in [0.1, 0.15) is 0 Å². The maximum atomic E-state index is 12.6. The third-order valence-electron chi connectivity index (χ3n) is 4.33. The minimum Gasteiger partial charge on any atom is -0.315 e. The van der Waals surface area contributed by atoms with Crippen molar-refractivity contribution in [1.29, 1.82) is 0 Å². The van der Waals surface area contributed by atoms with Crippen LogP contribution in [-0.2, 0) is 10.2 Å². The molecule has 2 aliphatic heterocycles. The van der Waals surface area contributed by atoms with E-state index in [4.69, 9.17) is 0 Å². The van der Waals surface area contributed by atoms with Crippen LogP contribution in [0.3, 0.4) is 0 Å². The highest BCUT2D eigenvalue weighted by Gasteiger charge is 2.39. The lowest BCUT2D eigenvalue weighted by Crippen LogP contribution is -2.44. The normalized spacial score (nSPS) is 28.5. The zero-order chi connectivity index (χ0) is 14.1. The first-order valence-corrected chi connectivity index (χ1v) is 8.67. The van der Waals surface area contributed by atoms with E-state index in [9.17, 15) is 8.42 Å². The van der Waals surface area contributed by atoms with Crippen molar-refractivity contribution in [1.82, 2.24) is 13.9 Å². The van der Waals surface area contributed by atoms with Crippen molar-refractivity contribution in [3.63, 3.8) is 0 Å². The summed E-state index contributed by atoms with van der Waals surface area (Å²) < 4.78 is 28.6. The highest BCUT2D eigenvalue weighted by molar-refractivity contribution is 7.86. The maximum absolute atomic E-state index is 12.6. The van der Waals surface area contributed by atoms with Crippen LogP contribution >= 0.6 is 0 Å². The third kappa shape index (κ3) is 3.48. The molecule has 1 unspecified atom stereocenters. The Labute approximate surface area is 117 Å². The standard InChI is InChI=1S/C13H27N3O2S/c1-13(2,3)12-5-9-16(11-12)19(17,18)15-8-4-6-14-7-10-15/h12,14H,4-11H2,1-3H3. The molecule has 2 rings (SSSR count). The van der Waals surface area contributed by atoms with Gasteiger partial charge in [-0.3, -0.25) is 0 Å². The molecule has 0 aromatic rings. The van der Waals surface area contributed by atoms with Gasteiger partial charge in [-0.2, -0.15) is 17.0 Å². The fourth-order valence-electron chi connectivity index (χ4n) is 2.86. The summed E-state index contributed by atoms with van der Waals surface area (Å²) in [5.74, 6) is 0.465. The highest BCUT2D eigenvalue weighted by Crippen LogP contribution is 2.35. The molecule has 0 amide bonds. The molecule has 0 bridgehead atoms. The smallest absolute Gasteiger partial charge is 0.282 e. The summed E-state index contributed by atoms with van der Waals surface area (Å²) in [6.07, 6.45) is 1.88. The summed E-state index contributed by atoms with van der Waals surface area (Å²) in [5.41, 5.74) is 0.185. The summed E-state index contributed by atoms with van der Waals surface area (Å²) in [5, 5.41) is 3.25. The minimum absolute atomic E-state index is 0.185. The van der Waals surface area contributed by atoms with Gasteiger partial charge in [-0.05, 0) is 30.7 Å². The van der Waals surface area contributed by atoms with Crippen LogP contribution in [0.5, 0.6) is 0 Å². The van der Waals surface area contributed by atoms with E-state index in [0.29, 0.717) is 32.1 Å². The Balaban J connectivity index is 2.04. The van der Waals surface area contributed by atoms with Crippen molar-refractivity contribution in [3.8, 4) is 0 Å². The summed E-state index contributed by atoms with van der Waals surface area (Å²) in [6, 6.07) is 0. The second-order valence-electron chi connectivity index (χ2n) is 6.72. The molecule has 0 aliphatic carbocycles. The van der Waals surface area contributed by atoms with E-state index in [1.165, 1.54) is 0 Å². The molecule has 6 heteroatoms. The van der Waals surface area contributed by atoms with Gasteiger partial charge in [-0.15, -0.1) is 0 Å². The van der Waals surface area contributed by atoms with Crippen LogP contribution in [-0.4, -0.2) is 56.3 Å². The largest absolute Gasteiger partial charge is 0.315 e. The monoisotopic (exact) mass is 289 g/mol. The molecule has 2 heterocycles. The molecule has 2 saturated heterocycles. The fourth-order valence-corrected chi connectivity index (χ4v) is 4.57. The highest BCUT2D eigenvalue weighted by atomic mass is 32.2. The molecule has 19 heavy (non-hydrogen) atoms. The Morgan fingerprint density at radius 2 is 1.79 bits per heavy atom. The van der Waals surface area contributed by atoms with Crippen molar-refractivity contribution < 1.29 is 8.42 Å². The van der Waals surface area contributed by atoms with E-state index in [0.717, 1.165) is 25.9 Å². The van der Waals surface area contributed by atoms with Gasteiger partial charge in [-0.1, -0.05) is 20.8 Å². The van der Waals surface area contributed by atoms with Crippen LogP contribution in [0.15, 0.2) is 0 Å². The predicted octanol–water partition coefficient (Wildman–Crippen LogP) is 0.895. The summed E-state index contributed by atoms with van der Waals surface area (Å²) in [4.78, 5) is 0. The van der Waals surface area contributed by atoms with Gasteiger partial charge >= 0.3 is 0 Å². The van der Waals surface area contributed by atoms with Crippen LogP contribution < -0.4 is 5.32 Å². The molecule has 2 aliphatic rings. The van der Waals surface area contributed by atoms with Gasteiger partial charge in [0, 0.05) is 32.7 Å². The van der Waals surface area contributed by atoms with E-state index in [1.54, 1.807) is 8.61 Å². The molecule has 0 aromatic carbocycles. The van der Waals surface area contributed by atoms with Crippen LogP contribution in [0, 0.1) is 11.3 Å². The Kier molecular flexibility index (Phi) is 4.55. The SMILES string of the molecule is CC(C)(C)C1CCN(S(=O)(=O)N2CCCNCC2)C1. The van der Waals surface area contributed by atoms with Crippen LogP contribution in [0.1, 0.15) is 33.6 Å². The molecule has 1 atom stereocenters. The quantitative estimate of drug-likeness (QED) is 0.821. The number of hydrogen-bond acceptors (Lipinski definition) is 3. The van der Waals surface area contributed by atoms with Crippen molar-refractivity contribution >= 4 is 10.2 Å². The molecular weight excluding hydrogens is 262 g/mol. The maximum Gasteiger partial charge on any atom is 0.282 e. The number of nitrogens with one attached hydrogen (secondary N) is 1. The lowest BCUT2D eigenvalue weighted by Gasteiger charge is -2.29. The van der Waals surface area contributed by atoms with Gasteiger partial charge in [0.2, 0.25) is 0 Å². The van der Waals surface area contributed by atoms with E-state index < -0.39 is 10.2 Å². The van der Waals surface area contributed by atoms with Crippen LogP contribution in [0.25, 0.3) is 0 Å². The zero-order valence-corrected chi connectivity index (χ0v) is 13.2. The molecule has 0 spiro atoms. The van der Waals surface area contributed by atoms with E-state index in [1.807, 2.05) is 0 Å². The van der Waals surface area contributed by atoms with Gasteiger partial charge in [-0.25, -0.2) is 0 Å². The van der Waals surface area contributed by atoms with Crippen molar-refractivity contribution in [2.45, 2.75) is 33.6 Å². The molecule has 1 N–H and O–H groups in total. The summed E-state index contributed by atoms with van der Waals surface area (Å²) in [6.45, 7) is 10.9. The van der Waals surface area contributed by atoms with Crippen LogP contribution in [0.4, 0.5) is 0 Å². The molecule has 0 aromatic heterocycles. The van der Waals surface area contributed by atoms with Crippen molar-refractivity contribution in [2.24, 2.45) is 11.3 Å². The Morgan fingerprint density at radius 3 is 2.42 bits per heavy atom. The van der Waals surface area contributed by atoms with E-state index in [-0.39, 0.29) is 5.41 Å². The first-order valence-electron chi connectivity index (χ1n) is 7.28. The van der Waals surface area contributed by atoms with E-state index >= 15 is 0 Å². The Hall–Kier alpha value is -0.170. The molecule has 0 radical (unpaired) electrons. The number of hydrogen-bond donors (Lipinski definition) is 1. The van der Waals surface area contributed by atoms with Gasteiger partial charge in [0.05, 0.1) is 0 Å². The summed E-state index contributed by atoms with van der Waals surface area (Å²) in [7, 11) is -3.25. The lowest BCUT2D eigenvalue weighted by atomic mass is 9.80. The van der Waals surface area contributed by atoms with Gasteiger partial charge < -0.3 is 5.32 Å². The zero-order valence-electron chi connectivity index (χ0n) is 12.4. The molecular formula is C13H27N3O2S. The molecule has 5 nitrogen and oxygen atoms in total. The fraction of sp³-hybridized carbons (Fsp3) is 1.00. The second-order valence-corrected chi connectivity index (χ2v) is 8.65. The average Bonchev–Trinajstić information content (AvgIpc) is 2.66. The lowest BCUT2D eigenvalue weighted by molar-refractivity contribution is 0.249. The van der Waals surface area contributed by atoms with Crippen molar-refractivity contribution in [2.75, 3.05) is 39.3 Å². The van der Waals surface area contributed by atoms with Crippen molar-refractivity contribution in [3.05, 3.63) is 0 Å². The predicted molar refractivity (Wildman–Crippen MR) is 77.1 cm³/mol. The van der Waals surface area contributed by atoms with Gasteiger partial charge in [0.25, 0.3) is 10.2 Å². The number of nitrogens with zero attached hydrogens (tertiary/aromatic N) is 2. The number of rotatable bonds is 2. The molecule has 0 saturated carbocycles. The van der Waals surface area contributed by atoms with Gasteiger partial charge in [0.15, 0.2) is 0 Å². The molecule has 112 valence electrons. The first-order chi connectivity index (χ1) is 8.82. The molecule has 2 fully saturated rings. The second kappa shape index (κ2) is 5.68. The first kappa shape index (κ1) is 15.2. The minimum atomic E-state index is -3.25. The van der Waals surface area contributed by atoms with Crippen LogP contribution in [0.2, 0.25) is 0 Å². The third-order valence-corrected chi connectivity index (χ3v) is 6.33.